The van der Waals surface area contributed by atoms with Crippen molar-refractivity contribution in [1.82, 2.24) is 4.90 Å². The molecule has 0 bridgehead atoms. The first kappa shape index (κ1) is 8.99. The maximum absolute atomic E-state index is 10.6. The van der Waals surface area contributed by atoms with Gasteiger partial charge in [0.1, 0.15) is 11.6 Å². The fourth-order valence-corrected chi connectivity index (χ4v) is 1.09. The first-order valence-corrected chi connectivity index (χ1v) is 3.60. The monoisotopic (exact) mass is 173 g/mol. The molecule has 1 aliphatic rings. The Morgan fingerprint density at radius 2 is 1.92 bits per heavy atom. The maximum Gasteiger partial charge on any atom is 0.323 e. The summed E-state index contributed by atoms with van der Waals surface area (Å²) in [5.74, 6) is -1.95. The average molecular weight is 173 g/mol. The topological polar surface area (TPSA) is 77.6 Å². The largest absolute Gasteiger partial charge is 0.480 e. The van der Waals surface area contributed by atoms with Crippen LogP contribution in [0.15, 0.2) is 0 Å². The van der Waals surface area contributed by atoms with Crippen molar-refractivity contribution >= 4 is 11.9 Å². The molecule has 12 heavy (non-hydrogen) atoms. The second kappa shape index (κ2) is 2.45. The quantitative estimate of drug-likeness (QED) is 0.569. The van der Waals surface area contributed by atoms with Gasteiger partial charge < -0.3 is 10.2 Å². The van der Waals surface area contributed by atoms with Crippen LogP contribution >= 0.6 is 0 Å². The first-order chi connectivity index (χ1) is 5.37. The van der Waals surface area contributed by atoms with Crippen molar-refractivity contribution < 1.29 is 19.8 Å². The van der Waals surface area contributed by atoms with Gasteiger partial charge in [-0.3, -0.25) is 14.5 Å². The molecule has 1 unspecified atom stereocenters. The number of nitrogens with zero attached hydrogens (tertiary/aromatic N) is 1. The van der Waals surface area contributed by atoms with E-state index in [0.29, 0.717) is 6.54 Å². The van der Waals surface area contributed by atoms with Gasteiger partial charge in [0, 0.05) is 6.54 Å². The van der Waals surface area contributed by atoms with Crippen LogP contribution in [0.4, 0.5) is 0 Å². The fourth-order valence-electron chi connectivity index (χ4n) is 1.09. The van der Waals surface area contributed by atoms with Crippen LogP contribution in [-0.4, -0.2) is 45.2 Å². The van der Waals surface area contributed by atoms with Gasteiger partial charge in [0.15, 0.2) is 0 Å². The third-order valence-corrected chi connectivity index (χ3v) is 2.14. The normalized spacial score (nSPS) is 28.2. The van der Waals surface area contributed by atoms with E-state index in [1.165, 1.54) is 18.7 Å². The molecule has 0 aromatic rings. The molecule has 0 spiro atoms. The molecule has 0 amide bonds. The summed E-state index contributed by atoms with van der Waals surface area (Å²) < 4.78 is 0. The Hall–Kier alpha value is -1.10. The summed E-state index contributed by atoms with van der Waals surface area (Å²) in [4.78, 5) is 22.5. The zero-order valence-corrected chi connectivity index (χ0v) is 6.94. The van der Waals surface area contributed by atoms with Crippen LogP contribution in [0.5, 0.6) is 0 Å². The Morgan fingerprint density at radius 3 is 2.17 bits per heavy atom. The summed E-state index contributed by atoms with van der Waals surface area (Å²) in [5, 5.41) is 17.3. The standard InChI is InChI=1S/C7H11NO4/c1-7(2,6(11)12)8-3-4(8)5(9)10/h4H,3H2,1-2H3,(H,9,10)(H,11,12)/t4-,8?/m0/s1. The first-order valence-electron chi connectivity index (χ1n) is 3.60. The third-order valence-electron chi connectivity index (χ3n) is 2.14. The minimum Gasteiger partial charge on any atom is -0.480 e. The van der Waals surface area contributed by atoms with E-state index in [9.17, 15) is 9.59 Å². The lowest BCUT2D eigenvalue weighted by Gasteiger charge is -2.20. The summed E-state index contributed by atoms with van der Waals surface area (Å²) in [6, 6.07) is -0.615. The van der Waals surface area contributed by atoms with Gasteiger partial charge in [-0.2, -0.15) is 0 Å². The highest BCUT2D eigenvalue weighted by atomic mass is 16.4. The van der Waals surface area contributed by atoms with E-state index in [0.717, 1.165) is 0 Å². The smallest absolute Gasteiger partial charge is 0.323 e. The van der Waals surface area contributed by atoms with Crippen molar-refractivity contribution in [2.75, 3.05) is 6.54 Å². The predicted molar refractivity (Wildman–Crippen MR) is 39.8 cm³/mol. The van der Waals surface area contributed by atoms with Crippen molar-refractivity contribution in [3.63, 3.8) is 0 Å². The lowest BCUT2D eigenvalue weighted by atomic mass is 10.1. The van der Waals surface area contributed by atoms with Crippen LogP contribution in [0, 0.1) is 0 Å². The fraction of sp³-hybridized carbons (Fsp3) is 0.714. The average Bonchev–Trinajstić information content (AvgIpc) is 2.63. The van der Waals surface area contributed by atoms with Gasteiger partial charge in [0.2, 0.25) is 0 Å². The number of carboxylic acids is 2. The highest BCUT2D eigenvalue weighted by Gasteiger charge is 2.52. The molecule has 1 saturated heterocycles. The molecule has 5 nitrogen and oxygen atoms in total. The summed E-state index contributed by atoms with van der Waals surface area (Å²) in [6.07, 6.45) is 0. The van der Waals surface area contributed by atoms with Gasteiger partial charge in [-0.15, -0.1) is 0 Å². The van der Waals surface area contributed by atoms with Crippen LogP contribution < -0.4 is 0 Å². The predicted octanol–water partition coefficient (Wildman–Crippen LogP) is -0.382. The second-order valence-corrected chi connectivity index (χ2v) is 3.37. The molecule has 0 radical (unpaired) electrons. The number of hydrogen-bond acceptors (Lipinski definition) is 3. The van der Waals surface area contributed by atoms with Gasteiger partial charge in [0.25, 0.3) is 0 Å². The zero-order chi connectivity index (χ0) is 9.52. The molecule has 0 aliphatic carbocycles. The zero-order valence-electron chi connectivity index (χ0n) is 6.94. The molecule has 1 aliphatic heterocycles. The van der Waals surface area contributed by atoms with Gasteiger partial charge in [-0.1, -0.05) is 0 Å². The van der Waals surface area contributed by atoms with Gasteiger partial charge in [-0.25, -0.2) is 0 Å². The third kappa shape index (κ3) is 1.27. The maximum atomic E-state index is 10.6. The lowest BCUT2D eigenvalue weighted by molar-refractivity contribution is -0.147. The van der Waals surface area contributed by atoms with E-state index in [2.05, 4.69) is 0 Å². The molecule has 68 valence electrons. The molecular weight excluding hydrogens is 162 g/mol. The van der Waals surface area contributed by atoms with Crippen LogP contribution in [0.25, 0.3) is 0 Å². The van der Waals surface area contributed by atoms with E-state index in [4.69, 9.17) is 10.2 Å². The Labute approximate surface area is 69.6 Å². The Balaban J connectivity index is 2.64. The molecule has 2 atom stereocenters. The van der Waals surface area contributed by atoms with E-state index in [-0.39, 0.29) is 0 Å². The second-order valence-electron chi connectivity index (χ2n) is 3.37. The summed E-state index contributed by atoms with van der Waals surface area (Å²) in [5.41, 5.74) is -1.07. The van der Waals surface area contributed by atoms with E-state index in [1.54, 1.807) is 0 Å². The summed E-state index contributed by atoms with van der Waals surface area (Å²) in [6.45, 7) is 3.32. The van der Waals surface area contributed by atoms with E-state index >= 15 is 0 Å². The molecule has 1 fully saturated rings. The molecule has 0 aromatic heterocycles. The Kier molecular flexibility index (Phi) is 1.83. The van der Waals surface area contributed by atoms with Crippen LogP contribution in [0.1, 0.15) is 13.8 Å². The highest BCUT2D eigenvalue weighted by molar-refractivity contribution is 5.83. The van der Waals surface area contributed by atoms with Crippen molar-refractivity contribution in [3.8, 4) is 0 Å². The van der Waals surface area contributed by atoms with Gasteiger partial charge in [0.05, 0.1) is 0 Å². The molecule has 2 N–H and O–H groups in total. The SMILES string of the molecule is CC(C)(C(=O)O)N1C[C@H]1C(=O)O. The van der Waals surface area contributed by atoms with Crippen LogP contribution in [0.2, 0.25) is 0 Å². The lowest BCUT2D eigenvalue weighted by Crippen LogP contribution is -2.41. The van der Waals surface area contributed by atoms with E-state index < -0.39 is 23.5 Å². The number of carbonyl (C=O) groups is 2. The number of hydrogen-bond donors (Lipinski definition) is 2. The van der Waals surface area contributed by atoms with Crippen molar-refractivity contribution in [2.45, 2.75) is 25.4 Å². The molecule has 1 heterocycles. The van der Waals surface area contributed by atoms with Crippen LogP contribution in [0.3, 0.4) is 0 Å². The summed E-state index contributed by atoms with van der Waals surface area (Å²) >= 11 is 0. The molecule has 0 saturated carbocycles. The minimum atomic E-state index is -1.07. The molecule has 1 rings (SSSR count). The Morgan fingerprint density at radius 1 is 1.42 bits per heavy atom. The Bertz CT molecular complexity index is 236. The minimum absolute atomic E-state index is 0.328. The van der Waals surface area contributed by atoms with E-state index in [1.807, 2.05) is 0 Å². The highest BCUT2D eigenvalue weighted by Crippen LogP contribution is 2.29. The van der Waals surface area contributed by atoms with Crippen molar-refractivity contribution in [2.24, 2.45) is 0 Å². The van der Waals surface area contributed by atoms with Crippen LogP contribution in [-0.2, 0) is 9.59 Å². The number of aliphatic carboxylic acids is 2. The number of rotatable bonds is 3. The number of carboxylic acid groups (broad SMARTS) is 2. The van der Waals surface area contributed by atoms with Crippen molar-refractivity contribution in [3.05, 3.63) is 0 Å². The molecule has 0 aromatic carbocycles. The van der Waals surface area contributed by atoms with Crippen molar-refractivity contribution in [1.29, 1.82) is 0 Å². The summed E-state index contributed by atoms with van der Waals surface area (Å²) in [7, 11) is 0. The van der Waals surface area contributed by atoms with Gasteiger partial charge in [-0.05, 0) is 13.8 Å². The molecule has 5 heteroatoms. The van der Waals surface area contributed by atoms with Gasteiger partial charge >= 0.3 is 11.9 Å². The molecular formula is C7H11NO4.